The maximum absolute atomic E-state index is 13.4. The Morgan fingerprint density at radius 1 is 1.00 bits per heavy atom. The molecular formula is C37H47N9O3. The van der Waals surface area contributed by atoms with Crippen molar-refractivity contribution >= 4 is 17.8 Å². The van der Waals surface area contributed by atoms with E-state index in [4.69, 9.17) is 20.3 Å². The van der Waals surface area contributed by atoms with Crippen LogP contribution in [0.5, 0.6) is 11.5 Å². The summed E-state index contributed by atoms with van der Waals surface area (Å²) in [6.07, 6.45) is 6.14. The highest BCUT2D eigenvalue weighted by molar-refractivity contribution is 5.89. The van der Waals surface area contributed by atoms with E-state index in [1.54, 1.807) is 27.6 Å². The highest BCUT2D eigenvalue weighted by Gasteiger charge is 2.30. The second-order valence-electron chi connectivity index (χ2n) is 13.2. The number of fused-ring (bicyclic) bond motifs is 1. The standard InChI is InChI=1S/C37H47N9O3/c1-25-22-35(46(42-25)27-11-9-12-28(23-27)48-21-20-43(3)4)41-37(47)40-32-16-17-33(31-14-6-5-13-30(31)32)49-29-15-18-34(38)45(24-29)36(39)44-19-8-7-10-26(44)2/h5-6,9,11-15,18,22-24,26,32-33,38-39H,7-8,10,16-17,19-21H2,1-4H3,(H2,40,41,47)/t26-,32-,33+/m0/s1. The number of pyridine rings is 1. The summed E-state index contributed by atoms with van der Waals surface area (Å²) in [7, 11) is 4.01. The van der Waals surface area contributed by atoms with Crippen LogP contribution in [0.15, 0.2) is 72.9 Å². The monoisotopic (exact) mass is 665 g/mol. The summed E-state index contributed by atoms with van der Waals surface area (Å²) in [4.78, 5) is 17.6. The summed E-state index contributed by atoms with van der Waals surface area (Å²) in [6, 6.07) is 20.8. The van der Waals surface area contributed by atoms with Crippen molar-refractivity contribution in [1.82, 2.24) is 29.5 Å². The van der Waals surface area contributed by atoms with Gasteiger partial charge in [0.05, 0.1) is 23.6 Å². The van der Waals surface area contributed by atoms with E-state index in [0.29, 0.717) is 37.0 Å². The lowest BCUT2D eigenvalue weighted by Gasteiger charge is -2.36. The summed E-state index contributed by atoms with van der Waals surface area (Å²) < 4.78 is 15.8. The molecule has 2 amide bonds. The number of likely N-dealkylation sites (N-methyl/N-ethyl adjacent to an activating group) is 1. The van der Waals surface area contributed by atoms with Gasteiger partial charge in [-0.15, -0.1) is 0 Å². The van der Waals surface area contributed by atoms with E-state index in [9.17, 15) is 4.79 Å². The minimum absolute atomic E-state index is 0.212. The molecule has 0 saturated carbocycles. The smallest absolute Gasteiger partial charge is 0.320 e. The first-order valence-corrected chi connectivity index (χ1v) is 17.1. The molecule has 0 radical (unpaired) electrons. The molecule has 1 fully saturated rings. The minimum Gasteiger partial charge on any atom is -0.492 e. The zero-order valence-electron chi connectivity index (χ0n) is 28.8. The first-order chi connectivity index (χ1) is 23.7. The summed E-state index contributed by atoms with van der Waals surface area (Å²) in [6.45, 7) is 6.22. The number of likely N-dealkylation sites (tertiary alicyclic amines) is 1. The summed E-state index contributed by atoms with van der Waals surface area (Å²) in [5, 5.41) is 28.2. The number of nitrogens with one attached hydrogen (secondary N) is 4. The molecule has 2 aliphatic rings. The van der Waals surface area contributed by atoms with Crippen LogP contribution in [0, 0.1) is 17.7 Å². The van der Waals surface area contributed by atoms with Crippen LogP contribution < -0.4 is 25.6 Å². The fourth-order valence-corrected chi connectivity index (χ4v) is 6.61. The Morgan fingerprint density at radius 3 is 2.61 bits per heavy atom. The van der Waals surface area contributed by atoms with Crippen molar-refractivity contribution in [3.8, 4) is 17.2 Å². The van der Waals surface area contributed by atoms with E-state index in [0.717, 1.165) is 60.6 Å². The van der Waals surface area contributed by atoms with Gasteiger partial charge in [0.15, 0.2) is 0 Å². The molecule has 6 rings (SSSR count). The lowest BCUT2D eigenvalue weighted by atomic mass is 9.85. The van der Waals surface area contributed by atoms with Crippen LogP contribution in [0.4, 0.5) is 10.6 Å². The number of carbonyl (C=O) groups is 1. The molecule has 0 spiro atoms. The molecule has 12 nitrogen and oxygen atoms in total. The Balaban J connectivity index is 1.14. The van der Waals surface area contributed by atoms with Crippen molar-refractivity contribution in [3.63, 3.8) is 0 Å². The number of urea groups is 1. The van der Waals surface area contributed by atoms with Gasteiger partial charge in [0, 0.05) is 31.3 Å². The second-order valence-corrected chi connectivity index (χ2v) is 13.2. The van der Waals surface area contributed by atoms with Crippen LogP contribution in [0.25, 0.3) is 5.69 Å². The third-order valence-electron chi connectivity index (χ3n) is 9.19. The highest BCUT2D eigenvalue weighted by Crippen LogP contribution is 2.38. The van der Waals surface area contributed by atoms with E-state index in [1.807, 2.05) is 75.6 Å². The van der Waals surface area contributed by atoms with Crippen LogP contribution >= 0.6 is 0 Å². The van der Waals surface area contributed by atoms with Gasteiger partial charge in [-0.2, -0.15) is 5.10 Å². The molecule has 3 atom stereocenters. The summed E-state index contributed by atoms with van der Waals surface area (Å²) >= 11 is 0. The van der Waals surface area contributed by atoms with Crippen molar-refractivity contribution in [2.45, 2.75) is 64.1 Å². The Bertz CT molecular complexity index is 1850. The number of hydrogen-bond donors (Lipinski definition) is 4. The van der Waals surface area contributed by atoms with Gasteiger partial charge in [0.25, 0.3) is 0 Å². The maximum Gasteiger partial charge on any atom is 0.320 e. The SMILES string of the molecule is Cc1cc(NC(=O)N[C@H]2CC[C@@H](Oc3ccc(=N)n(C(=N)N4CCCC[C@@H]4C)c3)c3ccccc32)n(-c2cccc(OCCN(C)C)c2)n1. The average Bonchev–Trinajstić information content (AvgIpc) is 3.46. The average molecular weight is 666 g/mol. The second kappa shape index (κ2) is 15.0. The van der Waals surface area contributed by atoms with Crippen molar-refractivity contribution < 1.29 is 14.3 Å². The first-order valence-electron chi connectivity index (χ1n) is 17.1. The van der Waals surface area contributed by atoms with Gasteiger partial charge in [0.1, 0.15) is 35.5 Å². The topological polar surface area (TPSA) is 137 Å². The quantitative estimate of drug-likeness (QED) is 0.131. The number of rotatable bonds is 9. The molecule has 4 N–H and O–H groups in total. The molecule has 49 heavy (non-hydrogen) atoms. The minimum atomic E-state index is -0.323. The molecule has 12 heteroatoms. The van der Waals surface area contributed by atoms with E-state index in [-0.39, 0.29) is 29.7 Å². The third kappa shape index (κ3) is 7.97. The number of nitrogens with zero attached hydrogens (tertiary/aromatic N) is 5. The van der Waals surface area contributed by atoms with Gasteiger partial charge in [-0.25, -0.2) is 9.48 Å². The fraction of sp³-hybridized carbons (Fsp3) is 0.405. The molecule has 4 aromatic rings. The lowest BCUT2D eigenvalue weighted by Crippen LogP contribution is -2.47. The lowest BCUT2D eigenvalue weighted by molar-refractivity contribution is 0.171. The molecular weight excluding hydrogens is 618 g/mol. The number of hydrogen-bond acceptors (Lipinski definition) is 7. The van der Waals surface area contributed by atoms with E-state index < -0.39 is 0 Å². The van der Waals surface area contributed by atoms with Crippen LogP contribution in [0.3, 0.4) is 0 Å². The number of carbonyl (C=O) groups excluding carboxylic acids is 1. The number of aryl methyl sites for hydroxylation is 1. The Morgan fingerprint density at radius 2 is 1.82 bits per heavy atom. The zero-order valence-corrected chi connectivity index (χ0v) is 28.8. The number of aromatic nitrogens is 3. The number of benzene rings is 2. The Hall–Kier alpha value is -5.10. The van der Waals surface area contributed by atoms with Gasteiger partial charge < -0.3 is 24.6 Å². The largest absolute Gasteiger partial charge is 0.492 e. The van der Waals surface area contributed by atoms with Crippen LogP contribution in [-0.4, -0.2) is 76.0 Å². The van der Waals surface area contributed by atoms with Gasteiger partial charge in [-0.1, -0.05) is 30.3 Å². The normalized spacial score (nSPS) is 18.9. The molecule has 0 unspecified atom stereocenters. The molecule has 1 saturated heterocycles. The van der Waals surface area contributed by atoms with Gasteiger partial charge >= 0.3 is 6.03 Å². The summed E-state index contributed by atoms with van der Waals surface area (Å²) in [5.41, 5.74) is 3.81. The molecule has 2 aromatic carbocycles. The maximum atomic E-state index is 13.4. The highest BCUT2D eigenvalue weighted by atomic mass is 16.5. The Labute approximate surface area is 287 Å². The van der Waals surface area contributed by atoms with Crippen molar-refractivity contribution in [3.05, 3.63) is 95.2 Å². The number of piperidine rings is 1. The summed E-state index contributed by atoms with van der Waals surface area (Å²) in [5.74, 6) is 2.20. The van der Waals surface area contributed by atoms with Gasteiger partial charge in [0.2, 0.25) is 5.96 Å². The first kappa shape index (κ1) is 33.8. The van der Waals surface area contributed by atoms with Gasteiger partial charge in [-0.3, -0.25) is 20.7 Å². The van der Waals surface area contributed by atoms with Crippen molar-refractivity contribution in [1.29, 1.82) is 10.8 Å². The predicted molar refractivity (Wildman–Crippen MR) is 190 cm³/mol. The zero-order chi connectivity index (χ0) is 34.5. The van der Waals surface area contributed by atoms with E-state index in [2.05, 4.69) is 32.5 Å². The van der Waals surface area contributed by atoms with Crippen LogP contribution in [0.2, 0.25) is 0 Å². The number of amides is 2. The fourth-order valence-electron chi connectivity index (χ4n) is 6.61. The van der Waals surface area contributed by atoms with Crippen LogP contribution in [0.1, 0.15) is 68.0 Å². The third-order valence-corrected chi connectivity index (χ3v) is 9.19. The van der Waals surface area contributed by atoms with Crippen molar-refractivity contribution in [2.24, 2.45) is 0 Å². The number of ether oxygens (including phenoxy) is 2. The molecule has 3 heterocycles. The van der Waals surface area contributed by atoms with E-state index >= 15 is 0 Å². The Kier molecular flexibility index (Phi) is 10.3. The molecule has 0 bridgehead atoms. The van der Waals surface area contributed by atoms with E-state index in [1.165, 1.54) is 0 Å². The van der Waals surface area contributed by atoms with Crippen molar-refractivity contribution in [2.75, 3.05) is 39.1 Å². The molecule has 258 valence electrons. The molecule has 1 aliphatic carbocycles. The van der Waals surface area contributed by atoms with Gasteiger partial charge in [-0.05, 0) is 95.4 Å². The number of anilines is 1. The molecule has 2 aromatic heterocycles. The predicted octanol–water partition coefficient (Wildman–Crippen LogP) is 5.84. The molecule has 1 aliphatic heterocycles. The van der Waals surface area contributed by atoms with Crippen LogP contribution in [-0.2, 0) is 0 Å².